The number of nitrogens with zero attached hydrogens (tertiary/aromatic N) is 1. The number of hydrogen-bond donors (Lipinski definition) is 1. The summed E-state index contributed by atoms with van der Waals surface area (Å²) in [5, 5.41) is 0. The van der Waals surface area contributed by atoms with Crippen LogP contribution in [0.25, 0.3) is 0 Å². The molecule has 2 N–H and O–H groups in total. The standard InChI is InChI=1S/C13H15F3N2O/c1-8-6-10(14)11(17)7-9(8)12(19)18-4-2-13(15,16)3-5-18/h6-7H,2-5,17H2,1H3. The number of hydrogen-bond acceptors (Lipinski definition) is 2. The summed E-state index contributed by atoms with van der Waals surface area (Å²) in [5.41, 5.74) is 6.04. The molecule has 1 aliphatic rings. The zero-order valence-corrected chi connectivity index (χ0v) is 10.5. The van der Waals surface area contributed by atoms with Crippen LogP contribution in [0.4, 0.5) is 18.9 Å². The summed E-state index contributed by atoms with van der Waals surface area (Å²) in [6, 6.07) is 2.45. The summed E-state index contributed by atoms with van der Waals surface area (Å²) < 4.78 is 39.3. The number of anilines is 1. The number of likely N-dealkylation sites (tertiary alicyclic amines) is 1. The van der Waals surface area contributed by atoms with Gasteiger partial charge in [-0.1, -0.05) is 0 Å². The topological polar surface area (TPSA) is 46.3 Å². The van der Waals surface area contributed by atoms with Crippen molar-refractivity contribution in [3.8, 4) is 0 Å². The monoisotopic (exact) mass is 272 g/mol. The van der Waals surface area contributed by atoms with E-state index >= 15 is 0 Å². The van der Waals surface area contributed by atoms with E-state index in [9.17, 15) is 18.0 Å². The molecule has 1 saturated heterocycles. The lowest BCUT2D eigenvalue weighted by molar-refractivity contribution is -0.0494. The third kappa shape index (κ3) is 2.83. The maximum Gasteiger partial charge on any atom is 0.254 e. The van der Waals surface area contributed by atoms with Crippen molar-refractivity contribution in [1.29, 1.82) is 0 Å². The first kappa shape index (κ1) is 13.7. The Balaban J connectivity index is 2.19. The van der Waals surface area contributed by atoms with E-state index in [1.54, 1.807) is 6.92 Å². The van der Waals surface area contributed by atoms with E-state index in [0.717, 1.165) is 0 Å². The van der Waals surface area contributed by atoms with Crippen molar-refractivity contribution in [1.82, 2.24) is 4.90 Å². The van der Waals surface area contributed by atoms with Gasteiger partial charge in [-0.15, -0.1) is 0 Å². The first-order valence-corrected chi connectivity index (χ1v) is 6.03. The minimum absolute atomic E-state index is 0.00253. The van der Waals surface area contributed by atoms with Crippen LogP contribution in [-0.2, 0) is 0 Å². The minimum atomic E-state index is -2.70. The summed E-state index contributed by atoms with van der Waals surface area (Å²) in [7, 11) is 0. The number of carbonyl (C=O) groups is 1. The Hall–Kier alpha value is -1.72. The highest BCUT2D eigenvalue weighted by atomic mass is 19.3. The van der Waals surface area contributed by atoms with Crippen LogP contribution in [0.1, 0.15) is 28.8 Å². The Morgan fingerprint density at radius 1 is 1.32 bits per heavy atom. The number of nitrogens with two attached hydrogens (primary N) is 1. The molecule has 1 heterocycles. The van der Waals surface area contributed by atoms with Crippen LogP contribution >= 0.6 is 0 Å². The van der Waals surface area contributed by atoms with Gasteiger partial charge in [0, 0.05) is 31.5 Å². The third-order valence-electron chi connectivity index (χ3n) is 3.36. The Labute approximate surface area is 109 Å². The molecule has 1 aromatic rings. The average molecular weight is 272 g/mol. The molecular formula is C13H15F3N2O. The van der Waals surface area contributed by atoms with Crippen molar-refractivity contribution in [2.75, 3.05) is 18.8 Å². The molecule has 0 aliphatic carbocycles. The van der Waals surface area contributed by atoms with Crippen molar-refractivity contribution < 1.29 is 18.0 Å². The van der Waals surface area contributed by atoms with Gasteiger partial charge in [0.1, 0.15) is 5.82 Å². The first-order chi connectivity index (χ1) is 8.80. The Morgan fingerprint density at radius 3 is 2.47 bits per heavy atom. The molecule has 0 aromatic heterocycles. The van der Waals surface area contributed by atoms with Crippen LogP contribution in [-0.4, -0.2) is 29.8 Å². The van der Waals surface area contributed by atoms with E-state index in [1.165, 1.54) is 17.0 Å². The SMILES string of the molecule is Cc1cc(F)c(N)cc1C(=O)N1CCC(F)(F)CC1. The van der Waals surface area contributed by atoms with Gasteiger partial charge in [-0.25, -0.2) is 13.2 Å². The smallest absolute Gasteiger partial charge is 0.254 e. The van der Waals surface area contributed by atoms with E-state index in [4.69, 9.17) is 5.73 Å². The Kier molecular flexibility index (Phi) is 3.43. The number of benzene rings is 1. The van der Waals surface area contributed by atoms with Gasteiger partial charge in [0.05, 0.1) is 5.69 Å². The molecule has 19 heavy (non-hydrogen) atoms. The van der Waals surface area contributed by atoms with Gasteiger partial charge >= 0.3 is 0 Å². The second-order valence-electron chi connectivity index (χ2n) is 4.84. The third-order valence-corrected chi connectivity index (χ3v) is 3.36. The maximum atomic E-state index is 13.2. The number of alkyl halides is 2. The van der Waals surface area contributed by atoms with Crippen molar-refractivity contribution in [3.05, 3.63) is 29.1 Å². The van der Waals surface area contributed by atoms with Gasteiger partial charge < -0.3 is 10.6 Å². The van der Waals surface area contributed by atoms with Crippen molar-refractivity contribution >= 4 is 11.6 Å². The summed E-state index contributed by atoms with van der Waals surface area (Å²) in [6.07, 6.45) is -0.678. The molecule has 104 valence electrons. The van der Waals surface area contributed by atoms with Gasteiger partial charge in [-0.3, -0.25) is 4.79 Å². The number of nitrogen functional groups attached to an aromatic ring is 1. The molecular weight excluding hydrogens is 257 g/mol. The molecule has 1 fully saturated rings. The number of aryl methyl sites for hydroxylation is 1. The number of rotatable bonds is 1. The molecule has 6 heteroatoms. The summed E-state index contributed by atoms with van der Waals surface area (Å²) in [6.45, 7) is 1.60. The van der Waals surface area contributed by atoms with Crippen LogP contribution in [0.2, 0.25) is 0 Å². The molecule has 0 unspecified atom stereocenters. The van der Waals surface area contributed by atoms with Gasteiger partial charge in [-0.05, 0) is 24.6 Å². The van der Waals surface area contributed by atoms with Crippen molar-refractivity contribution in [3.63, 3.8) is 0 Å². The van der Waals surface area contributed by atoms with Crippen LogP contribution in [0.15, 0.2) is 12.1 Å². The van der Waals surface area contributed by atoms with Crippen molar-refractivity contribution in [2.24, 2.45) is 0 Å². The molecule has 1 aliphatic heterocycles. The predicted octanol–water partition coefficient (Wildman–Crippen LogP) is 2.59. The van der Waals surface area contributed by atoms with E-state index in [1.807, 2.05) is 0 Å². The van der Waals surface area contributed by atoms with Crippen LogP contribution in [0.5, 0.6) is 0 Å². The van der Waals surface area contributed by atoms with Gasteiger partial charge in [-0.2, -0.15) is 0 Å². The maximum absolute atomic E-state index is 13.2. The number of piperidine rings is 1. The van der Waals surface area contributed by atoms with Crippen LogP contribution in [0.3, 0.4) is 0 Å². The second-order valence-corrected chi connectivity index (χ2v) is 4.84. The molecule has 1 aromatic carbocycles. The van der Waals surface area contributed by atoms with E-state index in [0.29, 0.717) is 5.56 Å². The molecule has 0 bridgehead atoms. The zero-order chi connectivity index (χ0) is 14.2. The summed E-state index contributed by atoms with van der Waals surface area (Å²) in [4.78, 5) is 13.6. The normalized spacial score (nSPS) is 18.4. The van der Waals surface area contributed by atoms with E-state index in [2.05, 4.69) is 0 Å². The molecule has 0 spiro atoms. The average Bonchev–Trinajstić information content (AvgIpc) is 2.33. The van der Waals surface area contributed by atoms with E-state index in [-0.39, 0.29) is 43.1 Å². The quantitative estimate of drug-likeness (QED) is 0.799. The molecule has 2 rings (SSSR count). The molecule has 0 atom stereocenters. The first-order valence-electron chi connectivity index (χ1n) is 6.03. The highest BCUT2D eigenvalue weighted by Gasteiger charge is 2.36. The minimum Gasteiger partial charge on any atom is -0.396 e. The van der Waals surface area contributed by atoms with Crippen LogP contribution < -0.4 is 5.73 Å². The lowest BCUT2D eigenvalue weighted by Gasteiger charge is -2.32. The zero-order valence-electron chi connectivity index (χ0n) is 10.5. The van der Waals surface area contributed by atoms with Gasteiger partial charge in [0.15, 0.2) is 0 Å². The van der Waals surface area contributed by atoms with Gasteiger partial charge in [0.25, 0.3) is 11.8 Å². The summed E-state index contributed by atoms with van der Waals surface area (Å²) >= 11 is 0. The van der Waals surface area contributed by atoms with Gasteiger partial charge in [0.2, 0.25) is 0 Å². The fourth-order valence-electron chi connectivity index (χ4n) is 2.13. The largest absolute Gasteiger partial charge is 0.396 e. The predicted molar refractivity (Wildman–Crippen MR) is 65.6 cm³/mol. The summed E-state index contributed by atoms with van der Waals surface area (Å²) in [5.74, 6) is -3.66. The van der Waals surface area contributed by atoms with E-state index < -0.39 is 11.7 Å². The van der Waals surface area contributed by atoms with Crippen molar-refractivity contribution in [2.45, 2.75) is 25.7 Å². The molecule has 3 nitrogen and oxygen atoms in total. The molecule has 1 amide bonds. The number of halogens is 3. The Bertz CT molecular complexity index is 507. The fourth-order valence-corrected chi connectivity index (χ4v) is 2.13. The lowest BCUT2D eigenvalue weighted by atomic mass is 10.0. The highest BCUT2D eigenvalue weighted by molar-refractivity contribution is 5.96. The lowest BCUT2D eigenvalue weighted by Crippen LogP contribution is -2.42. The number of amides is 1. The fraction of sp³-hybridized carbons (Fsp3) is 0.462. The Morgan fingerprint density at radius 2 is 1.89 bits per heavy atom. The highest BCUT2D eigenvalue weighted by Crippen LogP contribution is 2.29. The molecule has 0 radical (unpaired) electrons. The number of carbonyl (C=O) groups excluding carboxylic acids is 1. The second kappa shape index (κ2) is 4.75. The molecule has 0 saturated carbocycles. The van der Waals surface area contributed by atoms with Crippen LogP contribution in [0, 0.1) is 12.7 Å².